The van der Waals surface area contributed by atoms with Crippen LogP contribution in [0.25, 0.3) is 0 Å². The van der Waals surface area contributed by atoms with Crippen LogP contribution in [0.2, 0.25) is 0 Å². The first-order valence-corrected chi connectivity index (χ1v) is 12.9. The van der Waals surface area contributed by atoms with Crippen LogP contribution in [0.3, 0.4) is 0 Å². The number of halogens is 2. The third kappa shape index (κ3) is 6.00. The van der Waals surface area contributed by atoms with Crippen molar-refractivity contribution in [2.75, 3.05) is 49.1 Å². The summed E-state index contributed by atoms with van der Waals surface area (Å²) in [5.41, 5.74) is 2.91. The van der Waals surface area contributed by atoms with Gasteiger partial charge in [-0.2, -0.15) is 0 Å². The smallest absolute Gasteiger partial charge is 0.259 e. The Balaban J connectivity index is 0.00000289. The Bertz CT molecular complexity index is 1140. The van der Waals surface area contributed by atoms with E-state index in [0.29, 0.717) is 0 Å². The molecule has 2 heterocycles. The van der Waals surface area contributed by atoms with Crippen molar-refractivity contribution in [3.63, 3.8) is 0 Å². The summed E-state index contributed by atoms with van der Waals surface area (Å²) in [6.07, 6.45) is 3.22. The molecule has 0 unspecified atom stereocenters. The first-order chi connectivity index (χ1) is 16.7. The Labute approximate surface area is 217 Å². The SMILES string of the molecule is Cl.O=C1c2ccccc2Sc2ccccc2N1CCCCCN1CCN(c2ccc(F)cc2)CC1. The molecule has 0 spiro atoms. The molecule has 3 aromatic carbocycles. The van der Waals surface area contributed by atoms with Crippen molar-refractivity contribution in [3.05, 3.63) is 84.2 Å². The minimum atomic E-state index is -0.185. The number of hydrogen-bond donors (Lipinski definition) is 0. The van der Waals surface area contributed by atoms with Gasteiger partial charge in [0.1, 0.15) is 5.82 Å². The highest BCUT2D eigenvalue weighted by molar-refractivity contribution is 7.99. The first-order valence-electron chi connectivity index (χ1n) is 12.1. The highest BCUT2D eigenvalue weighted by Crippen LogP contribution is 2.41. The monoisotopic (exact) mass is 511 g/mol. The minimum absolute atomic E-state index is 0. The van der Waals surface area contributed by atoms with E-state index in [0.717, 1.165) is 85.3 Å². The van der Waals surface area contributed by atoms with E-state index in [1.807, 2.05) is 53.4 Å². The van der Waals surface area contributed by atoms with Gasteiger partial charge in [0.25, 0.3) is 5.91 Å². The average molecular weight is 512 g/mol. The Morgan fingerprint density at radius 2 is 1.40 bits per heavy atom. The maximum absolute atomic E-state index is 13.4. The number of carbonyl (C=O) groups excluding carboxylic acids is 1. The van der Waals surface area contributed by atoms with Crippen LogP contribution in [0.1, 0.15) is 29.6 Å². The van der Waals surface area contributed by atoms with Gasteiger partial charge in [-0.3, -0.25) is 9.69 Å². The van der Waals surface area contributed by atoms with Crippen LogP contribution in [0.15, 0.2) is 82.6 Å². The summed E-state index contributed by atoms with van der Waals surface area (Å²) in [5, 5.41) is 0. The second-order valence-corrected chi connectivity index (χ2v) is 9.97. The van der Waals surface area contributed by atoms with E-state index in [-0.39, 0.29) is 24.1 Å². The van der Waals surface area contributed by atoms with Crippen molar-refractivity contribution < 1.29 is 9.18 Å². The van der Waals surface area contributed by atoms with Crippen molar-refractivity contribution in [3.8, 4) is 0 Å². The molecule has 0 radical (unpaired) electrons. The maximum atomic E-state index is 13.4. The summed E-state index contributed by atoms with van der Waals surface area (Å²) in [5.74, 6) is -0.0827. The van der Waals surface area contributed by atoms with Gasteiger partial charge in [-0.15, -0.1) is 12.4 Å². The van der Waals surface area contributed by atoms with Crippen LogP contribution in [0.4, 0.5) is 15.8 Å². The lowest BCUT2D eigenvalue weighted by atomic mass is 10.1. The van der Waals surface area contributed by atoms with Crippen LogP contribution in [-0.4, -0.2) is 50.1 Å². The number of piperazine rings is 1. The van der Waals surface area contributed by atoms with Gasteiger partial charge >= 0.3 is 0 Å². The van der Waals surface area contributed by atoms with Crippen molar-refractivity contribution in [2.24, 2.45) is 0 Å². The van der Waals surface area contributed by atoms with Gasteiger partial charge in [-0.1, -0.05) is 42.4 Å². The molecule has 5 rings (SSSR count). The van der Waals surface area contributed by atoms with Gasteiger partial charge in [-0.05, 0) is 67.9 Å². The summed E-state index contributed by atoms with van der Waals surface area (Å²) < 4.78 is 13.2. The van der Waals surface area contributed by atoms with Crippen molar-refractivity contribution in [1.29, 1.82) is 0 Å². The second kappa shape index (κ2) is 11.9. The molecule has 0 aromatic heterocycles. The zero-order valence-corrected chi connectivity index (χ0v) is 21.4. The first kappa shape index (κ1) is 25.5. The van der Waals surface area contributed by atoms with Gasteiger partial charge in [0.15, 0.2) is 0 Å². The van der Waals surface area contributed by atoms with E-state index < -0.39 is 0 Å². The van der Waals surface area contributed by atoms with E-state index >= 15 is 0 Å². The van der Waals surface area contributed by atoms with Gasteiger partial charge in [0.05, 0.1) is 11.3 Å². The molecule has 0 aliphatic carbocycles. The molecule has 0 atom stereocenters. The number of nitrogens with zero attached hydrogens (tertiary/aromatic N) is 3. The highest BCUT2D eigenvalue weighted by atomic mass is 35.5. The molecule has 184 valence electrons. The van der Waals surface area contributed by atoms with Gasteiger partial charge in [0, 0.05) is 48.2 Å². The minimum Gasteiger partial charge on any atom is -0.369 e. The van der Waals surface area contributed by atoms with Crippen molar-refractivity contribution in [2.45, 2.75) is 29.1 Å². The van der Waals surface area contributed by atoms with Crippen LogP contribution in [-0.2, 0) is 0 Å². The van der Waals surface area contributed by atoms with Crippen molar-refractivity contribution >= 4 is 41.5 Å². The lowest BCUT2D eigenvalue weighted by Gasteiger charge is -2.36. The number of fused-ring (bicyclic) bond motifs is 2. The van der Waals surface area contributed by atoms with E-state index in [1.54, 1.807) is 11.8 Å². The fraction of sp³-hybridized carbons (Fsp3) is 0.321. The zero-order valence-electron chi connectivity index (χ0n) is 19.7. The predicted molar refractivity (Wildman–Crippen MR) is 145 cm³/mol. The molecule has 0 bridgehead atoms. The fourth-order valence-electron chi connectivity index (χ4n) is 4.76. The molecular formula is C28H31ClFN3OS. The van der Waals surface area contributed by atoms with Crippen LogP contribution < -0.4 is 9.80 Å². The molecule has 1 saturated heterocycles. The predicted octanol–water partition coefficient (Wildman–Crippen LogP) is 6.35. The zero-order chi connectivity index (χ0) is 23.3. The summed E-state index contributed by atoms with van der Waals surface area (Å²) in [4.78, 5) is 22.3. The molecule has 2 aliphatic heterocycles. The van der Waals surface area contributed by atoms with Crippen LogP contribution in [0.5, 0.6) is 0 Å². The topological polar surface area (TPSA) is 26.8 Å². The van der Waals surface area contributed by atoms with E-state index in [2.05, 4.69) is 21.9 Å². The third-order valence-electron chi connectivity index (χ3n) is 6.66. The van der Waals surface area contributed by atoms with Gasteiger partial charge < -0.3 is 9.80 Å². The van der Waals surface area contributed by atoms with E-state index in [1.165, 1.54) is 12.1 Å². The lowest BCUT2D eigenvalue weighted by Crippen LogP contribution is -2.46. The normalized spacial score (nSPS) is 15.7. The molecule has 7 heteroatoms. The molecule has 1 amide bonds. The van der Waals surface area contributed by atoms with Crippen molar-refractivity contribution in [1.82, 2.24) is 4.90 Å². The molecule has 0 N–H and O–H groups in total. The standard InChI is InChI=1S/C28H30FN3OS.ClH/c29-22-12-14-23(15-13-22)31-20-18-30(19-21-31)16-6-1-7-17-32-25-9-3-5-11-27(25)34-26-10-4-2-8-24(26)28(32)33;/h2-5,8-15H,1,6-7,16-21H2;1H. The lowest BCUT2D eigenvalue weighted by molar-refractivity contribution is 0.0983. The molecule has 3 aromatic rings. The number of unbranched alkanes of at least 4 members (excludes halogenated alkanes) is 2. The number of benzene rings is 3. The van der Waals surface area contributed by atoms with Crippen LogP contribution in [0, 0.1) is 5.82 Å². The maximum Gasteiger partial charge on any atom is 0.259 e. The average Bonchev–Trinajstić information content (AvgIpc) is 2.99. The summed E-state index contributed by atoms with van der Waals surface area (Å²) in [7, 11) is 0. The van der Waals surface area contributed by atoms with Crippen LogP contribution >= 0.6 is 24.2 Å². The number of amides is 1. The molecule has 1 fully saturated rings. The Morgan fingerprint density at radius 3 is 2.17 bits per heavy atom. The number of carbonyl (C=O) groups is 1. The molecule has 2 aliphatic rings. The summed E-state index contributed by atoms with van der Waals surface area (Å²) >= 11 is 1.68. The summed E-state index contributed by atoms with van der Waals surface area (Å²) in [6, 6.07) is 22.9. The third-order valence-corrected chi connectivity index (χ3v) is 7.80. The highest BCUT2D eigenvalue weighted by Gasteiger charge is 2.26. The molecule has 0 saturated carbocycles. The molecule has 4 nitrogen and oxygen atoms in total. The number of anilines is 2. The van der Waals surface area contributed by atoms with E-state index in [4.69, 9.17) is 0 Å². The Hall–Kier alpha value is -2.54. The Kier molecular flexibility index (Phi) is 8.71. The fourth-order valence-corrected chi connectivity index (χ4v) is 5.84. The van der Waals surface area contributed by atoms with Gasteiger partial charge in [-0.25, -0.2) is 4.39 Å². The summed E-state index contributed by atoms with van der Waals surface area (Å²) in [6.45, 7) is 5.83. The number of rotatable bonds is 7. The van der Waals surface area contributed by atoms with E-state index in [9.17, 15) is 9.18 Å². The molecular weight excluding hydrogens is 481 g/mol. The number of para-hydroxylation sites is 1. The second-order valence-electron chi connectivity index (χ2n) is 8.89. The Morgan fingerprint density at radius 1 is 0.743 bits per heavy atom. The molecule has 35 heavy (non-hydrogen) atoms. The number of hydrogen-bond acceptors (Lipinski definition) is 4. The largest absolute Gasteiger partial charge is 0.369 e. The van der Waals surface area contributed by atoms with Gasteiger partial charge in [0.2, 0.25) is 0 Å². The quantitative estimate of drug-likeness (QED) is 0.345.